The summed E-state index contributed by atoms with van der Waals surface area (Å²) in [7, 11) is 3.47. The quantitative estimate of drug-likeness (QED) is 0.397. The van der Waals surface area contributed by atoms with Crippen molar-refractivity contribution >= 4 is 5.95 Å². The lowest BCUT2D eigenvalue weighted by molar-refractivity contribution is 0.275. The monoisotopic (exact) mass is 487 g/mol. The molecule has 1 N–H and O–H groups in total. The summed E-state index contributed by atoms with van der Waals surface area (Å²) in [6.45, 7) is 2.92. The van der Waals surface area contributed by atoms with Gasteiger partial charge in [0.05, 0.1) is 36.0 Å². The minimum atomic E-state index is 0.151. The van der Waals surface area contributed by atoms with Gasteiger partial charge in [-0.3, -0.25) is 9.67 Å². The minimum Gasteiger partial charge on any atom is -0.480 e. The van der Waals surface area contributed by atoms with Crippen LogP contribution in [0.5, 0.6) is 17.4 Å². The molecule has 0 amide bonds. The molecule has 10 heteroatoms. The lowest BCUT2D eigenvalue weighted by atomic mass is 10.1. The zero-order valence-corrected chi connectivity index (χ0v) is 20.6. The molecule has 1 saturated heterocycles. The predicted octanol–water partition coefficient (Wildman–Crippen LogP) is 3.79. The van der Waals surface area contributed by atoms with Crippen molar-refractivity contribution in [1.29, 1.82) is 0 Å². The Balaban J connectivity index is 1.37. The molecule has 1 fully saturated rings. The van der Waals surface area contributed by atoms with Gasteiger partial charge >= 0.3 is 0 Å². The van der Waals surface area contributed by atoms with Crippen LogP contribution in [0.25, 0.3) is 22.5 Å². The van der Waals surface area contributed by atoms with E-state index in [1.165, 1.54) is 0 Å². The number of nitrogens with zero attached hydrogens (tertiary/aromatic N) is 7. The number of ether oxygens (including phenoxy) is 2. The van der Waals surface area contributed by atoms with Gasteiger partial charge in [0, 0.05) is 56.5 Å². The first-order valence-electron chi connectivity index (χ1n) is 11.9. The number of anilines is 1. The maximum atomic E-state index is 9.38. The first-order valence-corrected chi connectivity index (χ1v) is 11.9. The highest BCUT2D eigenvalue weighted by atomic mass is 16.5. The highest BCUT2D eigenvalue weighted by molar-refractivity contribution is 5.66. The van der Waals surface area contributed by atoms with Crippen molar-refractivity contribution in [3.63, 3.8) is 0 Å². The molecule has 4 aromatic heterocycles. The number of rotatable bonds is 8. The summed E-state index contributed by atoms with van der Waals surface area (Å²) < 4.78 is 13.5. The van der Waals surface area contributed by atoms with Gasteiger partial charge in [0.25, 0.3) is 0 Å². The average molecular weight is 488 g/mol. The van der Waals surface area contributed by atoms with Gasteiger partial charge in [0.15, 0.2) is 0 Å². The van der Waals surface area contributed by atoms with Crippen molar-refractivity contribution in [3.8, 4) is 39.9 Å². The lowest BCUT2D eigenvalue weighted by Gasteiger charge is -2.24. The Morgan fingerprint density at radius 2 is 2.00 bits per heavy atom. The maximum absolute atomic E-state index is 9.38. The summed E-state index contributed by atoms with van der Waals surface area (Å²) in [5, 5.41) is 13.6. The molecule has 0 bridgehead atoms. The summed E-state index contributed by atoms with van der Waals surface area (Å²) in [5.74, 6) is 2.38. The Morgan fingerprint density at radius 3 is 2.75 bits per heavy atom. The number of aliphatic hydroxyl groups excluding tert-OH is 1. The molecule has 5 heterocycles. The third-order valence-electron chi connectivity index (χ3n) is 6.30. The van der Waals surface area contributed by atoms with Crippen molar-refractivity contribution < 1.29 is 14.6 Å². The van der Waals surface area contributed by atoms with E-state index in [4.69, 9.17) is 14.5 Å². The Bertz CT molecular complexity index is 1360. The Morgan fingerprint density at radius 1 is 1.11 bits per heavy atom. The van der Waals surface area contributed by atoms with Crippen LogP contribution in [-0.2, 0) is 7.05 Å². The van der Waals surface area contributed by atoms with Gasteiger partial charge < -0.3 is 19.5 Å². The lowest BCUT2D eigenvalue weighted by Crippen LogP contribution is -2.31. The number of hydrogen-bond donors (Lipinski definition) is 1. The second-order valence-corrected chi connectivity index (χ2v) is 8.76. The van der Waals surface area contributed by atoms with Crippen LogP contribution in [0.2, 0.25) is 0 Å². The molecule has 0 spiro atoms. The van der Waals surface area contributed by atoms with E-state index >= 15 is 0 Å². The van der Waals surface area contributed by atoms with Crippen LogP contribution in [0.1, 0.15) is 25.0 Å². The first kappa shape index (κ1) is 23.7. The zero-order chi connectivity index (χ0) is 25.1. The first-order chi connectivity index (χ1) is 17.6. The Kier molecular flexibility index (Phi) is 6.77. The molecule has 1 aliphatic heterocycles. The molecular weight excluding hydrogens is 458 g/mol. The molecule has 0 unspecified atom stereocenters. The molecule has 1 atom stereocenters. The largest absolute Gasteiger partial charge is 0.480 e. The molecule has 5 rings (SSSR count). The molecule has 0 aliphatic carbocycles. The smallest absolute Gasteiger partial charge is 0.228 e. The fourth-order valence-corrected chi connectivity index (χ4v) is 4.49. The van der Waals surface area contributed by atoms with E-state index in [0.29, 0.717) is 41.0 Å². The van der Waals surface area contributed by atoms with Crippen LogP contribution in [0.4, 0.5) is 5.95 Å². The van der Waals surface area contributed by atoms with Crippen LogP contribution in [0.15, 0.2) is 49.1 Å². The van der Waals surface area contributed by atoms with E-state index < -0.39 is 0 Å². The highest BCUT2D eigenvalue weighted by Crippen LogP contribution is 2.33. The normalized spacial score (nSPS) is 15.3. The molecule has 0 aromatic carbocycles. The van der Waals surface area contributed by atoms with Gasteiger partial charge in [-0.2, -0.15) is 10.1 Å². The standard InChI is InChI=1S/C26H29N7O3/c1-17-24(36-20-8-10-27-23(13-20)18-14-29-32(2)16-18)7-6-22(30-17)21-15-28-26(31-25(21)35-3)33-11-4-5-19(33)9-12-34/h6-8,10,13-16,19,34H,4-5,9,11-12H2,1-3H3/t19-/m0/s1. The average Bonchev–Trinajstić information content (AvgIpc) is 3.54. The number of aromatic nitrogens is 6. The number of aliphatic hydroxyl groups is 1. The molecular formula is C26H29N7O3. The summed E-state index contributed by atoms with van der Waals surface area (Å²) in [5.41, 5.74) is 3.82. The van der Waals surface area contributed by atoms with Gasteiger partial charge in [-0.1, -0.05) is 0 Å². The second-order valence-electron chi connectivity index (χ2n) is 8.76. The van der Waals surface area contributed by atoms with Crippen molar-refractivity contribution in [1.82, 2.24) is 29.7 Å². The third-order valence-corrected chi connectivity index (χ3v) is 6.30. The Labute approximate surface area is 209 Å². The van der Waals surface area contributed by atoms with Gasteiger partial charge in [-0.05, 0) is 44.4 Å². The molecule has 0 radical (unpaired) electrons. The Hall–Kier alpha value is -4.05. The molecule has 10 nitrogen and oxygen atoms in total. The number of pyridine rings is 2. The van der Waals surface area contributed by atoms with Gasteiger partial charge in [0.2, 0.25) is 11.8 Å². The van der Waals surface area contributed by atoms with Crippen molar-refractivity contribution in [2.24, 2.45) is 7.05 Å². The third kappa shape index (κ3) is 4.85. The van der Waals surface area contributed by atoms with Crippen LogP contribution >= 0.6 is 0 Å². The van der Waals surface area contributed by atoms with E-state index in [2.05, 4.69) is 25.0 Å². The van der Waals surface area contributed by atoms with E-state index in [-0.39, 0.29) is 12.6 Å². The summed E-state index contributed by atoms with van der Waals surface area (Å²) in [4.78, 5) is 20.6. The van der Waals surface area contributed by atoms with Gasteiger partial charge in [0.1, 0.15) is 11.5 Å². The van der Waals surface area contributed by atoms with E-state index in [1.807, 2.05) is 44.4 Å². The van der Waals surface area contributed by atoms with Crippen molar-refractivity contribution in [2.75, 3.05) is 25.2 Å². The van der Waals surface area contributed by atoms with Crippen LogP contribution in [-0.4, -0.2) is 61.1 Å². The predicted molar refractivity (Wildman–Crippen MR) is 135 cm³/mol. The van der Waals surface area contributed by atoms with E-state index in [0.717, 1.165) is 36.3 Å². The molecule has 4 aromatic rings. The van der Waals surface area contributed by atoms with E-state index in [1.54, 1.807) is 30.4 Å². The topological polar surface area (TPSA) is 111 Å². The fraction of sp³-hybridized carbons (Fsp3) is 0.346. The summed E-state index contributed by atoms with van der Waals surface area (Å²) in [6.07, 6.45) is 9.93. The van der Waals surface area contributed by atoms with Crippen LogP contribution < -0.4 is 14.4 Å². The summed E-state index contributed by atoms with van der Waals surface area (Å²) in [6, 6.07) is 7.69. The number of aryl methyl sites for hydroxylation is 2. The highest BCUT2D eigenvalue weighted by Gasteiger charge is 2.27. The zero-order valence-electron chi connectivity index (χ0n) is 20.6. The number of methoxy groups -OCH3 is 1. The molecule has 186 valence electrons. The van der Waals surface area contributed by atoms with Crippen molar-refractivity contribution in [3.05, 3.63) is 54.7 Å². The van der Waals surface area contributed by atoms with Crippen LogP contribution in [0, 0.1) is 6.92 Å². The van der Waals surface area contributed by atoms with E-state index in [9.17, 15) is 5.11 Å². The SMILES string of the molecule is COc1nc(N2CCC[C@H]2CCO)ncc1-c1ccc(Oc2ccnc(-c3cnn(C)c3)c2)c(C)n1. The fourth-order valence-electron chi connectivity index (χ4n) is 4.49. The molecule has 1 aliphatic rings. The summed E-state index contributed by atoms with van der Waals surface area (Å²) >= 11 is 0. The maximum Gasteiger partial charge on any atom is 0.228 e. The van der Waals surface area contributed by atoms with Crippen molar-refractivity contribution in [2.45, 2.75) is 32.2 Å². The molecule has 36 heavy (non-hydrogen) atoms. The second kappa shape index (κ2) is 10.3. The van der Waals surface area contributed by atoms with Gasteiger partial charge in [-0.25, -0.2) is 9.97 Å². The molecule has 0 saturated carbocycles. The van der Waals surface area contributed by atoms with Gasteiger partial charge in [-0.15, -0.1) is 0 Å². The number of hydrogen-bond acceptors (Lipinski definition) is 9. The van der Waals surface area contributed by atoms with Crippen LogP contribution in [0.3, 0.4) is 0 Å². The minimum absolute atomic E-state index is 0.151.